The molecule has 1 heterocycles. The van der Waals surface area contributed by atoms with Gasteiger partial charge >= 0.3 is 0 Å². The van der Waals surface area contributed by atoms with Gasteiger partial charge < -0.3 is 10.1 Å². The Balaban J connectivity index is 1.63. The number of carbonyl (C=O) groups excluding carboxylic acids is 1. The molecule has 1 saturated heterocycles. The average molecular weight is 421 g/mol. The molecule has 2 aromatic carbocycles. The molecule has 0 atom stereocenters. The molecular formula is C21H25FN2O4S. The number of ether oxygens (including phenoxy) is 1. The second-order valence-corrected chi connectivity index (χ2v) is 8.85. The number of nitrogens with zero attached hydrogens (tertiary/aromatic N) is 1. The number of hydrogen-bond acceptors (Lipinski definition) is 4. The summed E-state index contributed by atoms with van der Waals surface area (Å²) in [6, 6.07) is 12.6. The monoisotopic (exact) mass is 420 g/mol. The number of halogens is 1. The van der Waals surface area contributed by atoms with E-state index in [9.17, 15) is 17.6 Å². The molecule has 0 spiro atoms. The summed E-state index contributed by atoms with van der Waals surface area (Å²) < 4.78 is 46.2. The van der Waals surface area contributed by atoms with Crippen LogP contribution in [0.2, 0.25) is 0 Å². The summed E-state index contributed by atoms with van der Waals surface area (Å²) >= 11 is 0. The molecule has 1 aliphatic heterocycles. The van der Waals surface area contributed by atoms with Gasteiger partial charge in [0, 0.05) is 19.0 Å². The van der Waals surface area contributed by atoms with Gasteiger partial charge in [0.2, 0.25) is 15.9 Å². The molecule has 29 heavy (non-hydrogen) atoms. The summed E-state index contributed by atoms with van der Waals surface area (Å²) in [5.41, 5.74) is 0.604. The van der Waals surface area contributed by atoms with Gasteiger partial charge in [-0.25, -0.2) is 12.8 Å². The second-order valence-electron chi connectivity index (χ2n) is 6.94. The Morgan fingerprint density at radius 2 is 1.79 bits per heavy atom. The highest BCUT2D eigenvalue weighted by Crippen LogP contribution is 2.28. The minimum atomic E-state index is -3.91. The van der Waals surface area contributed by atoms with E-state index in [4.69, 9.17) is 4.74 Å². The van der Waals surface area contributed by atoms with Crippen molar-refractivity contribution in [3.8, 4) is 5.75 Å². The fourth-order valence-electron chi connectivity index (χ4n) is 3.29. The van der Waals surface area contributed by atoms with Crippen LogP contribution in [-0.2, 0) is 14.8 Å². The minimum absolute atomic E-state index is 0.166. The third-order valence-corrected chi connectivity index (χ3v) is 6.82. The van der Waals surface area contributed by atoms with Gasteiger partial charge in [0.25, 0.3) is 0 Å². The van der Waals surface area contributed by atoms with Crippen molar-refractivity contribution in [2.24, 2.45) is 5.92 Å². The number of nitrogens with one attached hydrogen (secondary N) is 1. The van der Waals surface area contributed by atoms with Crippen LogP contribution in [0.15, 0.2) is 53.4 Å². The number of carbonyl (C=O) groups is 1. The standard InChI is InChI=1S/C21H25FN2O4S/c1-2-15-28-19-9-5-4-8-18(19)23-21(25)16-11-13-24(14-12-16)29(26,27)20-10-6-3-7-17(20)22/h3-10,16H,2,11-15H2,1H3,(H,23,25). The van der Waals surface area contributed by atoms with Crippen molar-refractivity contribution in [1.82, 2.24) is 4.31 Å². The third kappa shape index (κ3) is 4.94. The summed E-state index contributed by atoms with van der Waals surface area (Å²) in [6.07, 6.45) is 1.60. The van der Waals surface area contributed by atoms with Gasteiger partial charge in [-0.3, -0.25) is 4.79 Å². The maximum absolute atomic E-state index is 13.9. The molecule has 0 radical (unpaired) electrons. The molecule has 0 unspecified atom stereocenters. The van der Waals surface area contributed by atoms with Gasteiger partial charge in [-0.2, -0.15) is 4.31 Å². The quantitative estimate of drug-likeness (QED) is 0.742. The van der Waals surface area contributed by atoms with Crippen LogP contribution in [0.25, 0.3) is 0 Å². The largest absolute Gasteiger partial charge is 0.491 e. The smallest absolute Gasteiger partial charge is 0.245 e. The first-order valence-electron chi connectivity index (χ1n) is 9.71. The molecule has 6 nitrogen and oxygen atoms in total. The molecule has 2 aromatic rings. The summed E-state index contributed by atoms with van der Waals surface area (Å²) in [5.74, 6) is -0.639. The highest BCUT2D eigenvalue weighted by Gasteiger charge is 2.33. The fourth-order valence-corrected chi connectivity index (χ4v) is 4.83. The van der Waals surface area contributed by atoms with Crippen LogP contribution in [0, 0.1) is 11.7 Å². The molecule has 1 fully saturated rings. The number of hydrogen-bond donors (Lipinski definition) is 1. The molecule has 0 saturated carbocycles. The van der Waals surface area contributed by atoms with Crippen molar-refractivity contribution in [3.05, 3.63) is 54.3 Å². The molecule has 0 bridgehead atoms. The molecule has 0 aliphatic carbocycles. The number of amides is 1. The van der Waals surface area contributed by atoms with Crippen LogP contribution < -0.4 is 10.1 Å². The molecule has 3 rings (SSSR count). The van der Waals surface area contributed by atoms with E-state index in [1.165, 1.54) is 22.5 Å². The van der Waals surface area contributed by atoms with E-state index in [-0.39, 0.29) is 29.8 Å². The number of sulfonamides is 1. The molecule has 8 heteroatoms. The Bertz CT molecular complexity index is 957. The van der Waals surface area contributed by atoms with Crippen molar-refractivity contribution < 1.29 is 22.3 Å². The van der Waals surface area contributed by atoms with E-state index < -0.39 is 15.8 Å². The summed E-state index contributed by atoms with van der Waals surface area (Å²) in [7, 11) is -3.91. The van der Waals surface area contributed by atoms with Crippen LogP contribution >= 0.6 is 0 Å². The first kappa shape index (κ1) is 21.3. The predicted molar refractivity (Wildman–Crippen MR) is 109 cm³/mol. The molecular weight excluding hydrogens is 395 g/mol. The number of rotatable bonds is 7. The number of para-hydroxylation sites is 2. The lowest BCUT2D eigenvalue weighted by molar-refractivity contribution is -0.120. The van der Waals surface area contributed by atoms with E-state index in [1.807, 2.05) is 19.1 Å². The third-order valence-electron chi connectivity index (χ3n) is 4.89. The van der Waals surface area contributed by atoms with Gasteiger partial charge in [-0.1, -0.05) is 31.2 Å². The molecule has 0 aromatic heterocycles. The number of anilines is 1. The zero-order valence-electron chi connectivity index (χ0n) is 16.3. The second kappa shape index (κ2) is 9.37. The number of benzene rings is 2. The first-order valence-corrected chi connectivity index (χ1v) is 11.1. The van der Waals surface area contributed by atoms with Crippen molar-refractivity contribution in [2.45, 2.75) is 31.1 Å². The maximum Gasteiger partial charge on any atom is 0.245 e. The zero-order chi connectivity index (χ0) is 20.9. The van der Waals surface area contributed by atoms with Gasteiger partial charge in [0.15, 0.2) is 0 Å². The highest BCUT2D eigenvalue weighted by atomic mass is 32.2. The summed E-state index contributed by atoms with van der Waals surface area (Å²) in [4.78, 5) is 12.4. The summed E-state index contributed by atoms with van der Waals surface area (Å²) in [6.45, 7) is 2.90. The van der Waals surface area contributed by atoms with Gasteiger partial charge in [-0.05, 0) is 43.5 Å². The fraction of sp³-hybridized carbons (Fsp3) is 0.381. The van der Waals surface area contributed by atoms with E-state index >= 15 is 0 Å². The summed E-state index contributed by atoms with van der Waals surface area (Å²) in [5, 5.41) is 2.89. The van der Waals surface area contributed by atoms with Crippen LogP contribution in [0.4, 0.5) is 10.1 Å². The van der Waals surface area contributed by atoms with Gasteiger partial charge in [0.1, 0.15) is 16.5 Å². The normalized spacial score (nSPS) is 15.8. The van der Waals surface area contributed by atoms with Gasteiger partial charge in [0.05, 0.1) is 12.3 Å². The Morgan fingerprint density at radius 1 is 1.14 bits per heavy atom. The molecule has 1 aliphatic rings. The van der Waals surface area contributed by atoms with Crippen LogP contribution in [0.5, 0.6) is 5.75 Å². The Kier molecular flexibility index (Phi) is 6.87. The van der Waals surface area contributed by atoms with Crippen LogP contribution in [-0.4, -0.2) is 38.3 Å². The SMILES string of the molecule is CCCOc1ccccc1NC(=O)C1CCN(S(=O)(=O)c2ccccc2F)CC1. The molecule has 1 amide bonds. The van der Waals surface area contributed by atoms with Crippen molar-refractivity contribution in [1.29, 1.82) is 0 Å². The maximum atomic E-state index is 13.9. The predicted octanol–water partition coefficient (Wildman–Crippen LogP) is 3.65. The van der Waals surface area contributed by atoms with Crippen molar-refractivity contribution in [3.63, 3.8) is 0 Å². The van der Waals surface area contributed by atoms with E-state index in [0.29, 0.717) is 30.9 Å². The Morgan fingerprint density at radius 3 is 2.48 bits per heavy atom. The van der Waals surface area contributed by atoms with Crippen LogP contribution in [0.3, 0.4) is 0 Å². The lowest BCUT2D eigenvalue weighted by Gasteiger charge is -2.30. The highest BCUT2D eigenvalue weighted by molar-refractivity contribution is 7.89. The lowest BCUT2D eigenvalue weighted by atomic mass is 9.97. The first-order chi connectivity index (χ1) is 13.9. The number of piperidine rings is 1. The molecule has 156 valence electrons. The Hall–Kier alpha value is -2.45. The zero-order valence-corrected chi connectivity index (χ0v) is 17.1. The lowest BCUT2D eigenvalue weighted by Crippen LogP contribution is -2.41. The Labute approximate surface area is 170 Å². The van der Waals surface area contributed by atoms with Gasteiger partial charge in [-0.15, -0.1) is 0 Å². The van der Waals surface area contributed by atoms with Crippen molar-refractivity contribution in [2.75, 3.05) is 25.0 Å². The van der Waals surface area contributed by atoms with E-state index in [0.717, 1.165) is 12.5 Å². The van der Waals surface area contributed by atoms with E-state index in [2.05, 4.69) is 5.32 Å². The van der Waals surface area contributed by atoms with Crippen molar-refractivity contribution >= 4 is 21.6 Å². The molecule has 1 N–H and O–H groups in total. The minimum Gasteiger partial charge on any atom is -0.491 e. The average Bonchev–Trinajstić information content (AvgIpc) is 2.73. The topological polar surface area (TPSA) is 75.7 Å². The van der Waals surface area contributed by atoms with Crippen LogP contribution in [0.1, 0.15) is 26.2 Å². The van der Waals surface area contributed by atoms with E-state index in [1.54, 1.807) is 12.1 Å².